The Kier molecular flexibility index (Phi) is 4.65. The molecule has 2 aromatic carbocycles. The minimum Gasteiger partial charge on any atom is -0.207 e. The number of aryl methyl sites for hydroxylation is 2. The molecule has 0 unspecified atom stereocenters. The van der Waals surface area contributed by atoms with E-state index in [2.05, 4.69) is 0 Å². The van der Waals surface area contributed by atoms with E-state index in [4.69, 9.17) is 5.26 Å². The van der Waals surface area contributed by atoms with Crippen LogP contribution < -0.4 is 0 Å². The Morgan fingerprint density at radius 3 is 2.27 bits per heavy atom. The van der Waals surface area contributed by atoms with Crippen LogP contribution >= 0.6 is 0 Å². The molecule has 4 nitrogen and oxygen atoms in total. The first-order valence-electron chi connectivity index (χ1n) is 6.87. The maximum Gasteiger partial charge on any atom is 0.243 e. The normalized spacial score (nSPS) is 11.4. The Bertz CT molecular complexity index is 819. The van der Waals surface area contributed by atoms with Crippen molar-refractivity contribution in [3.05, 3.63) is 64.7 Å². The number of rotatable bonds is 4. The third-order valence-corrected chi connectivity index (χ3v) is 5.40. The van der Waals surface area contributed by atoms with Crippen LogP contribution in [0.4, 0.5) is 0 Å². The Labute approximate surface area is 131 Å². The van der Waals surface area contributed by atoms with Gasteiger partial charge in [-0.15, -0.1) is 0 Å². The van der Waals surface area contributed by atoms with Gasteiger partial charge in [0.15, 0.2) is 0 Å². The van der Waals surface area contributed by atoms with E-state index in [0.29, 0.717) is 12.1 Å². The van der Waals surface area contributed by atoms with Gasteiger partial charge in [0.05, 0.1) is 16.5 Å². The SMILES string of the molecule is Cc1ccc(CN(C)S(=O)(=O)c2ccc(C#N)cc2)c(C)c1. The smallest absolute Gasteiger partial charge is 0.207 e. The second kappa shape index (κ2) is 6.30. The molecule has 0 saturated heterocycles. The average molecular weight is 314 g/mol. The number of benzene rings is 2. The lowest BCUT2D eigenvalue weighted by Gasteiger charge is -2.18. The van der Waals surface area contributed by atoms with Crippen molar-refractivity contribution in [1.29, 1.82) is 5.26 Å². The average Bonchev–Trinajstić information content (AvgIpc) is 2.50. The molecule has 2 rings (SSSR count). The molecule has 0 atom stereocenters. The maximum absolute atomic E-state index is 12.6. The van der Waals surface area contributed by atoms with Gasteiger partial charge in [0.25, 0.3) is 0 Å². The van der Waals surface area contributed by atoms with Crippen LogP contribution in [0.5, 0.6) is 0 Å². The van der Waals surface area contributed by atoms with Gasteiger partial charge in [0.2, 0.25) is 10.0 Å². The van der Waals surface area contributed by atoms with Crippen LogP contribution in [-0.4, -0.2) is 19.8 Å². The predicted molar refractivity (Wildman–Crippen MR) is 85.7 cm³/mol. The highest BCUT2D eigenvalue weighted by atomic mass is 32.2. The van der Waals surface area contributed by atoms with Crippen LogP contribution in [0.15, 0.2) is 47.4 Å². The molecule has 0 aliphatic heterocycles. The van der Waals surface area contributed by atoms with E-state index in [9.17, 15) is 8.42 Å². The van der Waals surface area contributed by atoms with Crippen molar-refractivity contribution in [1.82, 2.24) is 4.31 Å². The second-order valence-corrected chi connectivity index (χ2v) is 7.37. The van der Waals surface area contributed by atoms with E-state index in [1.807, 2.05) is 38.1 Å². The van der Waals surface area contributed by atoms with Crippen LogP contribution in [0, 0.1) is 25.2 Å². The zero-order valence-corrected chi connectivity index (χ0v) is 13.7. The van der Waals surface area contributed by atoms with Crippen molar-refractivity contribution in [2.24, 2.45) is 0 Å². The number of hydrogen-bond acceptors (Lipinski definition) is 3. The first kappa shape index (κ1) is 16.2. The fourth-order valence-corrected chi connectivity index (χ4v) is 3.38. The van der Waals surface area contributed by atoms with Crippen molar-refractivity contribution in [2.75, 3.05) is 7.05 Å². The molecule has 0 amide bonds. The highest BCUT2D eigenvalue weighted by Crippen LogP contribution is 2.19. The summed E-state index contributed by atoms with van der Waals surface area (Å²) in [5.41, 5.74) is 3.64. The topological polar surface area (TPSA) is 61.2 Å². The molecule has 114 valence electrons. The largest absolute Gasteiger partial charge is 0.243 e. The molecule has 2 aromatic rings. The van der Waals surface area contributed by atoms with Crippen molar-refractivity contribution < 1.29 is 8.42 Å². The molecule has 0 saturated carbocycles. The summed E-state index contributed by atoms with van der Waals surface area (Å²) < 4.78 is 26.4. The second-order valence-electron chi connectivity index (χ2n) is 5.33. The van der Waals surface area contributed by atoms with Crippen LogP contribution in [0.1, 0.15) is 22.3 Å². The molecule has 0 fully saturated rings. The molecular formula is C17H18N2O2S. The molecule has 0 aromatic heterocycles. The first-order chi connectivity index (χ1) is 10.3. The number of nitrogens with zero attached hydrogens (tertiary/aromatic N) is 2. The van der Waals surface area contributed by atoms with Crippen LogP contribution in [0.25, 0.3) is 0 Å². The lowest BCUT2D eigenvalue weighted by atomic mass is 10.1. The third-order valence-electron chi connectivity index (χ3n) is 3.58. The number of nitriles is 1. The molecule has 0 radical (unpaired) electrons. The fraction of sp³-hybridized carbons (Fsp3) is 0.235. The minimum absolute atomic E-state index is 0.193. The van der Waals surface area contributed by atoms with Crippen molar-refractivity contribution in [2.45, 2.75) is 25.3 Å². The summed E-state index contributed by atoms with van der Waals surface area (Å²) >= 11 is 0. The van der Waals surface area contributed by atoms with Crippen molar-refractivity contribution in [3.63, 3.8) is 0 Å². The summed E-state index contributed by atoms with van der Waals surface area (Å²) in [6.45, 7) is 4.30. The lowest BCUT2D eigenvalue weighted by Crippen LogP contribution is -2.26. The number of hydrogen-bond donors (Lipinski definition) is 0. The summed E-state index contributed by atoms with van der Waals surface area (Å²) in [5.74, 6) is 0. The zero-order chi connectivity index (χ0) is 16.3. The minimum atomic E-state index is -3.57. The van der Waals surface area contributed by atoms with Gasteiger partial charge < -0.3 is 0 Å². The lowest BCUT2D eigenvalue weighted by molar-refractivity contribution is 0.466. The molecule has 5 heteroatoms. The van der Waals surface area contributed by atoms with Gasteiger partial charge in [-0.1, -0.05) is 23.8 Å². The Balaban J connectivity index is 2.26. The van der Waals surface area contributed by atoms with E-state index in [-0.39, 0.29) is 4.90 Å². The van der Waals surface area contributed by atoms with Crippen molar-refractivity contribution in [3.8, 4) is 6.07 Å². The Morgan fingerprint density at radius 2 is 1.73 bits per heavy atom. The summed E-state index contributed by atoms with van der Waals surface area (Å²) in [4.78, 5) is 0.193. The summed E-state index contributed by atoms with van der Waals surface area (Å²) in [6.07, 6.45) is 0. The van der Waals surface area contributed by atoms with Gasteiger partial charge in [-0.25, -0.2) is 8.42 Å². The first-order valence-corrected chi connectivity index (χ1v) is 8.31. The van der Waals surface area contributed by atoms with E-state index in [1.165, 1.54) is 28.6 Å². The van der Waals surface area contributed by atoms with Crippen LogP contribution in [0.2, 0.25) is 0 Å². The predicted octanol–water partition coefficient (Wildman–Crippen LogP) is 3.00. The highest BCUT2D eigenvalue weighted by Gasteiger charge is 2.21. The van der Waals surface area contributed by atoms with E-state index in [0.717, 1.165) is 16.7 Å². The maximum atomic E-state index is 12.6. The van der Waals surface area contributed by atoms with Gasteiger partial charge in [0.1, 0.15) is 0 Å². The monoisotopic (exact) mass is 314 g/mol. The van der Waals surface area contributed by atoms with Gasteiger partial charge in [-0.2, -0.15) is 9.57 Å². The van der Waals surface area contributed by atoms with Gasteiger partial charge in [-0.3, -0.25) is 0 Å². The van der Waals surface area contributed by atoms with E-state index >= 15 is 0 Å². The Morgan fingerprint density at radius 1 is 1.09 bits per heavy atom. The molecule has 0 spiro atoms. The zero-order valence-electron chi connectivity index (χ0n) is 12.9. The molecule has 0 aliphatic rings. The van der Waals surface area contributed by atoms with Gasteiger partial charge in [-0.05, 0) is 49.2 Å². The highest BCUT2D eigenvalue weighted by molar-refractivity contribution is 7.89. The van der Waals surface area contributed by atoms with Crippen LogP contribution in [-0.2, 0) is 16.6 Å². The van der Waals surface area contributed by atoms with E-state index in [1.54, 1.807) is 7.05 Å². The summed E-state index contributed by atoms with van der Waals surface area (Å²) in [5, 5.41) is 8.78. The van der Waals surface area contributed by atoms with Crippen molar-refractivity contribution >= 4 is 10.0 Å². The summed E-state index contributed by atoms with van der Waals surface area (Å²) in [6, 6.07) is 13.9. The van der Waals surface area contributed by atoms with E-state index < -0.39 is 10.0 Å². The quantitative estimate of drug-likeness (QED) is 0.871. The molecule has 0 bridgehead atoms. The Hall–Kier alpha value is -2.16. The fourth-order valence-electron chi connectivity index (χ4n) is 2.23. The third kappa shape index (κ3) is 3.35. The molecule has 0 heterocycles. The standard InChI is InChI=1S/C17H18N2O2S/c1-13-4-7-16(14(2)10-13)12-19(3)22(20,21)17-8-5-15(11-18)6-9-17/h4-10H,12H2,1-3H3. The molecule has 22 heavy (non-hydrogen) atoms. The van der Waals surface area contributed by atoms with Crippen LogP contribution in [0.3, 0.4) is 0 Å². The summed E-state index contributed by atoms with van der Waals surface area (Å²) in [7, 11) is -2.00. The van der Waals surface area contributed by atoms with Gasteiger partial charge in [0, 0.05) is 13.6 Å². The number of sulfonamides is 1. The van der Waals surface area contributed by atoms with Gasteiger partial charge >= 0.3 is 0 Å². The molecular weight excluding hydrogens is 296 g/mol. The molecule has 0 N–H and O–H groups in total. The molecule has 0 aliphatic carbocycles.